The first kappa shape index (κ1) is 17.0. The number of rotatable bonds is 3. The first-order chi connectivity index (χ1) is 8.93. The number of phenolic OH excluding ortho intramolecular Hbond substituents is 1. The van der Waals surface area contributed by atoms with Gasteiger partial charge >= 0.3 is 0 Å². The second-order valence-corrected chi connectivity index (χ2v) is 7.82. The molecule has 0 heterocycles. The van der Waals surface area contributed by atoms with Crippen molar-refractivity contribution in [3.63, 3.8) is 0 Å². The fourth-order valence-electron chi connectivity index (χ4n) is 2.22. The predicted molar refractivity (Wildman–Crippen MR) is 84.7 cm³/mol. The van der Waals surface area contributed by atoms with Crippen LogP contribution in [0.5, 0.6) is 5.75 Å². The minimum absolute atomic E-state index is 0.148. The molecule has 0 fully saturated rings. The summed E-state index contributed by atoms with van der Waals surface area (Å²) in [5.74, 6) is 0.367. The molecule has 0 aliphatic heterocycles. The van der Waals surface area contributed by atoms with Crippen molar-refractivity contribution in [2.24, 2.45) is 0 Å². The van der Waals surface area contributed by atoms with Crippen LogP contribution in [0.25, 0.3) is 0 Å². The van der Waals surface area contributed by atoms with E-state index in [9.17, 15) is 9.90 Å². The highest BCUT2D eigenvalue weighted by Gasteiger charge is 2.26. The summed E-state index contributed by atoms with van der Waals surface area (Å²) in [5, 5.41) is 10.2. The molecule has 1 aromatic rings. The fraction of sp³-hybridized carbons (Fsp3) is 0.588. The summed E-state index contributed by atoms with van der Waals surface area (Å²) in [6.45, 7) is 12.4. The zero-order valence-electron chi connectivity index (χ0n) is 13.3. The van der Waals surface area contributed by atoms with Gasteiger partial charge in [-0.15, -0.1) is 0 Å². The summed E-state index contributed by atoms with van der Waals surface area (Å²) in [7, 11) is 0. The van der Waals surface area contributed by atoms with Crippen LogP contribution in [0, 0.1) is 0 Å². The molecule has 0 bridgehead atoms. The Morgan fingerprint density at radius 1 is 1.05 bits per heavy atom. The van der Waals surface area contributed by atoms with Gasteiger partial charge in [0.1, 0.15) is 5.75 Å². The van der Waals surface area contributed by atoms with E-state index in [4.69, 9.17) is 11.6 Å². The predicted octanol–water partition coefficient (Wildman–Crippen LogP) is 4.69. The molecule has 0 atom stereocenters. The van der Waals surface area contributed by atoms with Crippen molar-refractivity contribution in [3.05, 3.63) is 28.8 Å². The fourth-order valence-corrected chi connectivity index (χ4v) is 2.32. The summed E-state index contributed by atoms with van der Waals surface area (Å²) in [5.41, 5.74) is 2.59. The third-order valence-corrected chi connectivity index (χ3v) is 3.58. The van der Waals surface area contributed by atoms with Gasteiger partial charge in [-0.2, -0.15) is 0 Å². The topological polar surface area (TPSA) is 37.3 Å². The van der Waals surface area contributed by atoms with E-state index in [0.717, 1.165) is 16.7 Å². The maximum Gasteiger partial charge on any atom is 0.221 e. The first-order valence-corrected chi connectivity index (χ1v) is 7.36. The average molecular weight is 299 g/mol. The Morgan fingerprint density at radius 3 is 1.75 bits per heavy atom. The van der Waals surface area contributed by atoms with Gasteiger partial charge in [-0.05, 0) is 45.5 Å². The largest absolute Gasteiger partial charge is 0.507 e. The first-order valence-electron chi connectivity index (χ1n) is 6.98. The number of carbonyl (C=O) groups excluding carboxylic acids is 1. The molecule has 1 aromatic carbocycles. The van der Waals surface area contributed by atoms with Crippen LogP contribution in [-0.4, -0.2) is 10.3 Å². The SMILES string of the molecule is CC(C)(C)c1cc(CC[14C](=O)Cl)cc(C(C)(C)C)c1O. The van der Waals surface area contributed by atoms with Gasteiger partial charge < -0.3 is 5.11 Å². The Morgan fingerprint density at radius 2 is 1.45 bits per heavy atom. The van der Waals surface area contributed by atoms with Crippen molar-refractivity contribution in [2.75, 3.05) is 0 Å². The van der Waals surface area contributed by atoms with Gasteiger partial charge in [0.25, 0.3) is 0 Å². The Balaban J connectivity index is 3.38. The van der Waals surface area contributed by atoms with E-state index in [2.05, 4.69) is 41.5 Å². The molecule has 0 amide bonds. The molecule has 0 spiro atoms. The number of hydrogen-bond donors (Lipinski definition) is 1. The molecule has 1 rings (SSSR count). The Labute approximate surface area is 127 Å². The number of hydrogen-bond acceptors (Lipinski definition) is 2. The molecule has 0 aromatic heterocycles. The van der Waals surface area contributed by atoms with Crippen molar-refractivity contribution in [1.82, 2.24) is 0 Å². The van der Waals surface area contributed by atoms with Gasteiger partial charge in [-0.3, -0.25) is 4.79 Å². The van der Waals surface area contributed by atoms with Crippen LogP contribution in [0.1, 0.15) is 64.7 Å². The molecule has 0 aliphatic carbocycles. The van der Waals surface area contributed by atoms with Gasteiger partial charge in [0.2, 0.25) is 5.24 Å². The molecule has 0 saturated heterocycles. The molecule has 0 aliphatic rings. The number of benzene rings is 1. The van der Waals surface area contributed by atoms with Crippen molar-refractivity contribution in [1.29, 1.82) is 0 Å². The molecule has 3 heteroatoms. The number of phenols is 1. The Hall–Kier alpha value is -1.02. The third-order valence-electron chi connectivity index (χ3n) is 3.40. The Kier molecular flexibility index (Phi) is 4.91. The van der Waals surface area contributed by atoms with Crippen molar-refractivity contribution in [2.45, 2.75) is 65.2 Å². The van der Waals surface area contributed by atoms with Crippen LogP contribution in [0.4, 0.5) is 0 Å². The van der Waals surface area contributed by atoms with Crippen LogP contribution >= 0.6 is 11.6 Å². The van der Waals surface area contributed by atoms with Crippen LogP contribution in [0.3, 0.4) is 0 Å². The summed E-state index contributed by atoms with van der Waals surface area (Å²) in [6.07, 6.45) is 0.925. The molecule has 0 saturated carbocycles. The number of carbonyl (C=O) groups is 1. The Bertz CT molecular complexity index is 470. The maximum atomic E-state index is 11.0. The highest BCUT2D eigenvalue weighted by Crippen LogP contribution is 2.39. The maximum absolute atomic E-state index is 11.0. The smallest absolute Gasteiger partial charge is 0.221 e. The van der Waals surface area contributed by atoms with Crippen LogP contribution in [0.2, 0.25) is 0 Å². The lowest BCUT2D eigenvalue weighted by Crippen LogP contribution is -2.18. The average Bonchev–Trinajstić information content (AvgIpc) is 2.24. The lowest BCUT2D eigenvalue weighted by atomic mass is 9.78. The van der Waals surface area contributed by atoms with E-state index in [1.54, 1.807) is 0 Å². The lowest BCUT2D eigenvalue weighted by molar-refractivity contribution is -0.111. The van der Waals surface area contributed by atoms with E-state index in [1.807, 2.05) is 12.1 Å². The zero-order valence-corrected chi connectivity index (χ0v) is 14.1. The van der Waals surface area contributed by atoms with Gasteiger partial charge in [-0.25, -0.2) is 0 Å². The number of aromatic hydroxyl groups is 1. The molecular formula is C17H25ClO2. The van der Waals surface area contributed by atoms with E-state index in [-0.39, 0.29) is 16.1 Å². The normalized spacial score (nSPS) is 12.6. The molecule has 0 radical (unpaired) electrons. The summed E-state index contributed by atoms with van der Waals surface area (Å²) < 4.78 is 0. The highest BCUT2D eigenvalue weighted by molar-refractivity contribution is 6.63. The minimum Gasteiger partial charge on any atom is -0.507 e. The molecule has 1 N–H and O–H groups in total. The van der Waals surface area contributed by atoms with E-state index in [1.165, 1.54) is 0 Å². The number of halogens is 1. The molecule has 20 heavy (non-hydrogen) atoms. The molecule has 112 valence electrons. The quantitative estimate of drug-likeness (QED) is 0.822. The van der Waals surface area contributed by atoms with Crippen molar-refractivity contribution < 1.29 is 9.90 Å². The third kappa shape index (κ3) is 4.24. The number of aryl methyl sites for hydroxylation is 1. The minimum atomic E-state index is -0.326. The van der Waals surface area contributed by atoms with E-state index < -0.39 is 0 Å². The lowest BCUT2D eigenvalue weighted by Gasteiger charge is -2.28. The van der Waals surface area contributed by atoms with Crippen LogP contribution in [0.15, 0.2) is 12.1 Å². The standard InChI is InChI=1S/C17H25ClO2/c1-16(2,3)12-9-11(7-8-14(18)19)10-13(15(12)20)17(4,5)6/h9-10,20H,7-8H2,1-6H3/i14+2. The summed E-state index contributed by atoms with van der Waals surface area (Å²) >= 11 is 5.43. The van der Waals surface area contributed by atoms with Crippen LogP contribution < -0.4 is 0 Å². The molecule has 2 nitrogen and oxygen atoms in total. The highest BCUT2D eigenvalue weighted by atomic mass is 35.5. The van der Waals surface area contributed by atoms with E-state index >= 15 is 0 Å². The second-order valence-electron chi connectivity index (χ2n) is 7.39. The van der Waals surface area contributed by atoms with Gasteiger partial charge in [0, 0.05) is 6.42 Å². The molecular weight excluding hydrogens is 274 g/mol. The van der Waals surface area contributed by atoms with Gasteiger partial charge in [0.15, 0.2) is 0 Å². The van der Waals surface area contributed by atoms with Gasteiger partial charge in [-0.1, -0.05) is 53.7 Å². The second kappa shape index (κ2) is 5.77. The van der Waals surface area contributed by atoms with Crippen molar-refractivity contribution >= 4 is 16.8 Å². The van der Waals surface area contributed by atoms with Crippen LogP contribution in [-0.2, 0) is 22.0 Å². The van der Waals surface area contributed by atoms with E-state index in [0.29, 0.717) is 18.6 Å². The van der Waals surface area contributed by atoms with Gasteiger partial charge in [0.05, 0.1) is 0 Å². The monoisotopic (exact) mass is 298 g/mol. The summed E-state index contributed by atoms with van der Waals surface area (Å²) in [6, 6.07) is 3.98. The van der Waals surface area contributed by atoms with Crippen molar-refractivity contribution in [3.8, 4) is 5.75 Å². The summed E-state index contributed by atoms with van der Waals surface area (Å²) in [4.78, 5) is 11.0. The zero-order chi connectivity index (χ0) is 15.7. The molecule has 0 unspecified atom stereocenters.